The van der Waals surface area contributed by atoms with E-state index < -0.39 is 0 Å². The second kappa shape index (κ2) is 3.87. The van der Waals surface area contributed by atoms with Gasteiger partial charge in [0.15, 0.2) is 0 Å². The van der Waals surface area contributed by atoms with E-state index in [4.69, 9.17) is 11.6 Å². The molecule has 2 rings (SSSR count). The molecule has 0 aliphatic heterocycles. The maximum atomic E-state index is 11.4. The summed E-state index contributed by atoms with van der Waals surface area (Å²) in [6, 6.07) is 8.66. The molecule has 0 radical (unpaired) electrons. The SMILES string of the molecule is COC(=O)c1cccc2nc(Cl)ccc12. The van der Waals surface area contributed by atoms with E-state index >= 15 is 0 Å². The fourth-order valence-electron chi connectivity index (χ4n) is 1.42. The number of methoxy groups -OCH3 is 1. The second-order valence-electron chi connectivity index (χ2n) is 3.00. The van der Waals surface area contributed by atoms with Crippen LogP contribution in [0.1, 0.15) is 10.4 Å². The molecular weight excluding hydrogens is 214 g/mol. The van der Waals surface area contributed by atoms with Gasteiger partial charge in [-0.05, 0) is 24.3 Å². The average Bonchev–Trinajstić information content (AvgIpc) is 2.26. The quantitative estimate of drug-likeness (QED) is 0.549. The lowest BCUT2D eigenvalue weighted by molar-refractivity contribution is 0.0603. The molecule has 3 nitrogen and oxygen atoms in total. The largest absolute Gasteiger partial charge is 0.465 e. The van der Waals surface area contributed by atoms with E-state index in [9.17, 15) is 4.79 Å². The van der Waals surface area contributed by atoms with E-state index in [0.717, 1.165) is 5.39 Å². The molecule has 1 aromatic carbocycles. The number of carbonyl (C=O) groups excluding carboxylic acids is 1. The molecule has 0 N–H and O–H groups in total. The first-order valence-corrected chi connectivity index (χ1v) is 4.74. The molecule has 15 heavy (non-hydrogen) atoms. The molecule has 2 aromatic rings. The Morgan fingerprint density at radius 3 is 2.87 bits per heavy atom. The molecule has 1 aromatic heterocycles. The predicted molar refractivity (Wildman–Crippen MR) is 58.1 cm³/mol. The Morgan fingerprint density at radius 2 is 2.13 bits per heavy atom. The van der Waals surface area contributed by atoms with Crippen LogP contribution < -0.4 is 0 Å². The minimum Gasteiger partial charge on any atom is -0.465 e. The first-order valence-electron chi connectivity index (χ1n) is 4.36. The highest BCUT2D eigenvalue weighted by Gasteiger charge is 2.10. The molecule has 76 valence electrons. The number of hydrogen-bond donors (Lipinski definition) is 0. The molecule has 1 heterocycles. The lowest BCUT2D eigenvalue weighted by Crippen LogP contribution is -2.02. The van der Waals surface area contributed by atoms with Gasteiger partial charge in [0, 0.05) is 5.39 Å². The minimum atomic E-state index is -0.371. The number of carbonyl (C=O) groups is 1. The van der Waals surface area contributed by atoms with Gasteiger partial charge in [-0.2, -0.15) is 0 Å². The van der Waals surface area contributed by atoms with Gasteiger partial charge in [-0.3, -0.25) is 0 Å². The summed E-state index contributed by atoms with van der Waals surface area (Å²) in [5.74, 6) is -0.371. The van der Waals surface area contributed by atoms with Crippen molar-refractivity contribution in [2.75, 3.05) is 7.11 Å². The molecule has 0 spiro atoms. The average molecular weight is 222 g/mol. The van der Waals surface area contributed by atoms with E-state index in [1.807, 2.05) is 0 Å². The predicted octanol–water partition coefficient (Wildman–Crippen LogP) is 2.67. The first kappa shape index (κ1) is 9.93. The van der Waals surface area contributed by atoms with E-state index in [-0.39, 0.29) is 5.97 Å². The number of esters is 1. The third kappa shape index (κ3) is 1.78. The summed E-state index contributed by atoms with van der Waals surface area (Å²) < 4.78 is 4.67. The van der Waals surface area contributed by atoms with Crippen molar-refractivity contribution in [3.63, 3.8) is 0 Å². The zero-order valence-electron chi connectivity index (χ0n) is 8.03. The lowest BCUT2D eigenvalue weighted by Gasteiger charge is -2.03. The Kier molecular flexibility index (Phi) is 2.56. The van der Waals surface area contributed by atoms with E-state index in [1.54, 1.807) is 30.3 Å². The number of pyridine rings is 1. The Bertz CT molecular complexity index is 525. The number of nitrogens with zero attached hydrogens (tertiary/aromatic N) is 1. The third-order valence-corrected chi connectivity index (χ3v) is 2.31. The van der Waals surface area contributed by atoms with Gasteiger partial charge >= 0.3 is 5.97 Å². The standard InChI is InChI=1S/C11H8ClNO2/c1-15-11(14)8-3-2-4-9-7(8)5-6-10(12)13-9/h2-6H,1H3. The molecule has 0 amide bonds. The summed E-state index contributed by atoms with van der Waals surface area (Å²) in [4.78, 5) is 15.5. The lowest BCUT2D eigenvalue weighted by atomic mass is 10.1. The number of halogens is 1. The molecule has 0 atom stereocenters. The summed E-state index contributed by atoms with van der Waals surface area (Å²) in [6.07, 6.45) is 0. The topological polar surface area (TPSA) is 39.2 Å². The van der Waals surface area contributed by atoms with Crippen LogP contribution in [-0.4, -0.2) is 18.1 Å². The molecule has 0 bridgehead atoms. The van der Waals surface area contributed by atoms with Gasteiger partial charge in [0.05, 0.1) is 18.2 Å². The third-order valence-electron chi connectivity index (χ3n) is 2.10. The number of fused-ring (bicyclic) bond motifs is 1. The molecule has 4 heteroatoms. The van der Waals surface area contributed by atoms with Crippen LogP contribution in [0.25, 0.3) is 10.9 Å². The summed E-state index contributed by atoms with van der Waals surface area (Å²) in [5, 5.41) is 1.15. The van der Waals surface area contributed by atoms with Crippen molar-refractivity contribution in [3.05, 3.63) is 41.0 Å². The summed E-state index contributed by atoms with van der Waals surface area (Å²) in [5.41, 5.74) is 1.18. The minimum absolute atomic E-state index is 0.371. The van der Waals surface area contributed by atoms with Gasteiger partial charge < -0.3 is 4.74 Å². The van der Waals surface area contributed by atoms with Gasteiger partial charge in [0.1, 0.15) is 5.15 Å². The molecule has 0 aliphatic carbocycles. The van der Waals surface area contributed by atoms with Crippen molar-refractivity contribution in [2.24, 2.45) is 0 Å². The normalized spacial score (nSPS) is 10.3. The summed E-state index contributed by atoms with van der Waals surface area (Å²) in [7, 11) is 1.35. The Balaban J connectivity index is 2.71. The van der Waals surface area contributed by atoms with Crippen LogP contribution in [0, 0.1) is 0 Å². The van der Waals surface area contributed by atoms with Gasteiger partial charge in [-0.1, -0.05) is 17.7 Å². The van der Waals surface area contributed by atoms with Crippen LogP contribution in [0.3, 0.4) is 0 Å². The molecule has 0 fully saturated rings. The second-order valence-corrected chi connectivity index (χ2v) is 3.39. The Labute approximate surface area is 91.6 Å². The van der Waals surface area contributed by atoms with Crippen LogP contribution in [-0.2, 0) is 4.74 Å². The van der Waals surface area contributed by atoms with Gasteiger partial charge in [-0.25, -0.2) is 9.78 Å². The van der Waals surface area contributed by atoms with Crippen LogP contribution in [0.15, 0.2) is 30.3 Å². The van der Waals surface area contributed by atoms with Gasteiger partial charge in [0.25, 0.3) is 0 Å². The number of ether oxygens (including phenoxy) is 1. The molecular formula is C11H8ClNO2. The first-order chi connectivity index (χ1) is 7.22. The van der Waals surface area contributed by atoms with Crippen LogP contribution in [0.4, 0.5) is 0 Å². The van der Waals surface area contributed by atoms with Crippen LogP contribution in [0.5, 0.6) is 0 Å². The zero-order chi connectivity index (χ0) is 10.8. The van der Waals surface area contributed by atoms with Gasteiger partial charge in [-0.15, -0.1) is 0 Å². The number of benzene rings is 1. The molecule has 0 aliphatic rings. The van der Waals surface area contributed by atoms with Crippen molar-refractivity contribution < 1.29 is 9.53 Å². The Hall–Kier alpha value is -1.61. The highest BCUT2D eigenvalue weighted by Crippen LogP contribution is 2.19. The zero-order valence-corrected chi connectivity index (χ0v) is 8.78. The smallest absolute Gasteiger partial charge is 0.338 e. The Morgan fingerprint density at radius 1 is 1.33 bits per heavy atom. The molecule has 0 saturated carbocycles. The van der Waals surface area contributed by atoms with Crippen LogP contribution in [0.2, 0.25) is 5.15 Å². The number of rotatable bonds is 1. The van der Waals surface area contributed by atoms with E-state index in [2.05, 4.69) is 9.72 Å². The van der Waals surface area contributed by atoms with Crippen molar-refractivity contribution in [1.29, 1.82) is 0 Å². The van der Waals surface area contributed by atoms with E-state index in [1.165, 1.54) is 7.11 Å². The fraction of sp³-hybridized carbons (Fsp3) is 0.0909. The highest BCUT2D eigenvalue weighted by molar-refractivity contribution is 6.29. The summed E-state index contributed by atoms with van der Waals surface area (Å²) in [6.45, 7) is 0. The van der Waals surface area contributed by atoms with Gasteiger partial charge in [0.2, 0.25) is 0 Å². The summed E-state index contributed by atoms with van der Waals surface area (Å²) >= 11 is 5.76. The van der Waals surface area contributed by atoms with Crippen LogP contribution >= 0.6 is 11.6 Å². The van der Waals surface area contributed by atoms with Crippen molar-refractivity contribution in [1.82, 2.24) is 4.98 Å². The monoisotopic (exact) mass is 221 g/mol. The van der Waals surface area contributed by atoms with Crippen molar-refractivity contribution in [2.45, 2.75) is 0 Å². The van der Waals surface area contributed by atoms with E-state index in [0.29, 0.717) is 16.2 Å². The fourth-order valence-corrected chi connectivity index (χ4v) is 1.57. The highest BCUT2D eigenvalue weighted by atomic mass is 35.5. The maximum absolute atomic E-state index is 11.4. The van der Waals surface area contributed by atoms with Crippen molar-refractivity contribution in [3.8, 4) is 0 Å². The number of aromatic nitrogens is 1. The van der Waals surface area contributed by atoms with Crippen molar-refractivity contribution >= 4 is 28.5 Å². The number of hydrogen-bond acceptors (Lipinski definition) is 3. The molecule has 0 unspecified atom stereocenters. The maximum Gasteiger partial charge on any atom is 0.338 e. The molecule has 0 saturated heterocycles.